The molecule has 2 rings (SSSR count). The molecule has 1 heterocycles. The summed E-state index contributed by atoms with van der Waals surface area (Å²) in [5.41, 5.74) is 0.778. The minimum absolute atomic E-state index is 0.0114. The molecular formula is C15H12F2O2S. The molecule has 0 unspecified atom stereocenters. The van der Waals surface area contributed by atoms with E-state index >= 15 is 0 Å². The average Bonchev–Trinajstić information content (AvgIpc) is 2.88. The third kappa shape index (κ3) is 3.56. The van der Waals surface area contributed by atoms with Crippen LogP contribution in [0.25, 0.3) is 0 Å². The Morgan fingerprint density at radius 2 is 2.10 bits per heavy atom. The van der Waals surface area contributed by atoms with Crippen LogP contribution in [0.1, 0.15) is 16.9 Å². The quantitative estimate of drug-likeness (QED) is 0.876. The van der Waals surface area contributed by atoms with Crippen molar-refractivity contribution in [3.05, 3.63) is 51.7 Å². The first-order valence-electron chi connectivity index (χ1n) is 5.95. The molecule has 20 heavy (non-hydrogen) atoms. The number of ether oxygens (including phenoxy) is 1. The van der Waals surface area contributed by atoms with Gasteiger partial charge >= 0.3 is 0 Å². The zero-order chi connectivity index (χ0) is 14.4. The number of halogens is 2. The van der Waals surface area contributed by atoms with Gasteiger partial charge in [-0.2, -0.15) is 4.39 Å². The van der Waals surface area contributed by atoms with Crippen molar-refractivity contribution in [2.24, 2.45) is 0 Å². The first-order chi connectivity index (χ1) is 9.72. The molecule has 0 atom stereocenters. The van der Waals surface area contributed by atoms with Gasteiger partial charge in [0.2, 0.25) is 5.82 Å². The van der Waals surface area contributed by atoms with Crippen molar-refractivity contribution in [1.82, 2.24) is 0 Å². The van der Waals surface area contributed by atoms with E-state index in [1.807, 2.05) is 11.4 Å². The van der Waals surface area contributed by atoms with Crippen LogP contribution in [0.5, 0.6) is 5.75 Å². The van der Waals surface area contributed by atoms with Crippen LogP contribution in [-0.2, 0) is 6.61 Å². The summed E-state index contributed by atoms with van der Waals surface area (Å²) in [6, 6.07) is 5.64. The molecule has 2 nitrogen and oxygen atoms in total. The number of rotatable bonds is 4. The van der Waals surface area contributed by atoms with E-state index in [9.17, 15) is 8.78 Å². The van der Waals surface area contributed by atoms with Crippen molar-refractivity contribution in [2.75, 3.05) is 6.61 Å². The van der Waals surface area contributed by atoms with Crippen LogP contribution >= 0.6 is 11.3 Å². The Balaban J connectivity index is 2.07. The summed E-state index contributed by atoms with van der Waals surface area (Å²) < 4.78 is 31.7. The predicted octanol–water partition coefficient (Wildman–Crippen LogP) is 3.34. The standard InChI is InChI=1S/C15H12F2O2S/c16-12-5-3-6-13(15(12)17)19-10-14-11(7-9-20-14)4-1-2-8-18/h3,5-7,9,18H,2,8,10H2. The van der Waals surface area contributed by atoms with Gasteiger partial charge in [-0.05, 0) is 23.6 Å². The van der Waals surface area contributed by atoms with Crippen molar-refractivity contribution < 1.29 is 18.6 Å². The molecule has 0 aliphatic rings. The summed E-state index contributed by atoms with van der Waals surface area (Å²) in [7, 11) is 0. The summed E-state index contributed by atoms with van der Waals surface area (Å²) >= 11 is 1.43. The van der Waals surface area contributed by atoms with Gasteiger partial charge in [0.25, 0.3) is 0 Å². The summed E-state index contributed by atoms with van der Waals surface area (Å²) in [5, 5.41) is 10.5. The largest absolute Gasteiger partial charge is 0.485 e. The number of aliphatic hydroxyl groups is 1. The summed E-state index contributed by atoms with van der Waals surface area (Å²) in [5.74, 6) is 3.68. The highest BCUT2D eigenvalue weighted by Crippen LogP contribution is 2.23. The van der Waals surface area contributed by atoms with Gasteiger partial charge in [-0.25, -0.2) is 4.39 Å². The normalized spacial score (nSPS) is 9.95. The maximum Gasteiger partial charge on any atom is 0.200 e. The van der Waals surface area contributed by atoms with Crippen LogP contribution in [0, 0.1) is 23.5 Å². The fourth-order valence-electron chi connectivity index (χ4n) is 1.52. The Kier molecular flexibility index (Phi) is 5.10. The van der Waals surface area contributed by atoms with Crippen molar-refractivity contribution >= 4 is 11.3 Å². The Labute approximate surface area is 119 Å². The second-order valence-electron chi connectivity index (χ2n) is 3.87. The maximum absolute atomic E-state index is 13.4. The predicted molar refractivity (Wildman–Crippen MR) is 73.6 cm³/mol. The van der Waals surface area contributed by atoms with E-state index in [1.54, 1.807) is 0 Å². The fourth-order valence-corrected chi connectivity index (χ4v) is 2.26. The van der Waals surface area contributed by atoms with Crippen LogP contribution in [0.15, 0.2) is 29.6 Å². The summed E-state index contributed by atoms with van der Waals surface area (Å²) in [4.78, 5) is 0.833. The number of hydrogen-bond donors (Lipinski definition) is 1. The molecular weight excluding hydrogens is 282 g/mol. The SMILES string of the molecule is OCCC#Cc1ccsc1COc1cccc(F)c1F. The van der Waals surface area contributed by atoms with Gasteiger partial charge in [-0.3, -0.25) is 0 Å². The number of hydrogen-bond acceptors (Lipinski definition) is 3. The van der Waals surface area contributed by atoms with Crippen LogP contribution in [-0.4, -0.2) is 11.7 Å². The topological polar surface area (TPSA) is 29.5 Å². The highest BCUT2D eigenvalue weighted by molar-refractivity contribution is 7.10. The van der Waals surface area contributed by atoms with Gasteiger partial charge < -0.3 is 9.84 Å². The van der Waals surface area contributed by atoms with Crippen molar-refractivity contribution in [3.63, 3.8) is 0 Å². The monoisotopic (exact) mass is 294 g/mol. The van der Waals surface area contributed by atoms with E-state index in [4.69, 9.17) is 9.84 Å². The third-order valence-corrected chi connectivity index (χ3v) is 3.37. The number of aliphatic hydroxyl groups excluding tert-OH is 1. The lowest BCUT2D eigenvalue weighted by Crippen LogP contribution is -1.98. The zero-order valence-corrected chi connectivity index (χ0v) is 11.3. The van der Waals surface area contributed by atoms with Crippen molar-refractivity contribution in [1.29, 1.82) is 0 Å². The molecule has 0 aliphatic heterocycles. The molecule has 0 aliphatic carbocycles. The van der Waals surface area contributed by atoms with Gasteiger partial charge in [-0.1, -0.05) is 17.9 Å². The fraction of sp³-hybridized carbons (Fsp3) is 0.200. The first-order valence-corrected chi connectivity index (χ1v) is 6.83. The van der Waals surface area contributed by atoms with Crippen LogP contribution in [0.3, 0.4) is 0 Å². The second-order valence-corrected chi connectivity index (χ2v) is 4.87. The molecule has 0 saturated heterocycles. The lowest BCUT2D eigenvalue weighted by atomic mass is 10.2. The molecule has 0 fully saturated rings. The smallest absolute Gasteiger partial charge is 0.200 e. The van der Waals surface area contributed by atoms with Gasteiger partial charge in [0, 0.05) is 12.0 Å². The molecule has 0 bridgehead atoms. The highest BCUT2D eigenvalue weighted by atomic mass is 32.1. The molecule has 0 amide bonds. The zero-order valence-electron chi connectivity index (χ0n) is 10.5. The molecule has 1 aromatic carbocycles. The van der Waals surface area contributed by atoms with Crippen LogP contribution in [0.2, 0.25) is 0 Å². The second kappa shape index (κ2) is 7.04. The molecule has 2 aromatic rings. The third-order valence-electron chi connectivity index (χ3n) is 2.48. The number of benzene rings is 1. The van der Waals surface area contributed by atoms with E-state index in [-0.39, 0.29) is 19.0 Å². The van der Waals surface area contributed by atoms with Gasteiger partial charge in [0.1, 0.15) is 6.61 Å². The van der Waals surface area contributed by atoms with E-state index in [2.05, 4.69) is 11.8 Å². The Bertz CT molecular complexity index is 641. The van der Waals surface area contributed by atoms with Crippen LogP contribution in [0.4, 0.5) is 8.78 Å². The van der Waals surface area contributed by atoms with Crippen LogP contribution < -0.4 is 4.74 Å². The molecule has 0 spiro atoms. The van der Waals surface area contributed by atoms with Crippen molar-refractivity contribution in [3.8, 4) is 17.6 Å². The molecule has 0 saturated carbocycles. The summed E-state index contributed by atoms with van der Waals surface area (Å²) in [6.07, 6.45) is 0.397. The Hall–Kier alpha value is -1.90. The van der Waals surface area contributed by atoms with E-state index in [1.165, 1.54) is 23.5 Å². The molecule has 0 radical (unpaired) electrons. The van der Waals surface area contributed by atoms with Crippen molar-refractivity contribution in [2.45, 2.75) is 13.0 Å². The summed E-state index contributed by atoms with van der Waals surface area (Å²) in [6.45, 7) is 0.138. The lowest BCUT2D eigenvalue weighted by Gasteiger charge is -2.06. The van der Waals surface area contributed by atoms with Gasteiger partial charge in [0.15, 0.2) is 11.6 Å². The van der Waals surface area contributed by atoms with E-state index in [0.29, 0.717) is 6.42 Å². The molecule has 5 heteroatoms. The highest BCUT2D eigenvalue weighted by Gasteiger charge is 2.10. The molecule has 1 N–H and O–H groups in total. The number of thiophene rings is 1. The van der Waals surface area contributed by atoms with Gasteiger partial charge in [-0.15, -0.1) is 11.3 Å². The maximum atomic E-state index is 13.4. The minimum atomic E-state index is -0.989. The molecule has 104 valence electrons. The first kappa shape index (κ1) is 14.5. The van der Waals surface area contributed by atoms with E-state index in [0.717, 1.165) is 16.5 Å². The average molecular weight is 294 g/mol. The van der Waals surface area contributed by atoms with E-state index < -0.39 is 11.6 Å². The Morgan fingerprint density at radius 3 is 2.90 bits per heavy atom. The lowest BCUT2D eigenvalue weighted by molar-refractivity contribution is 0.287. The Morgan fingerprint density at radius 1 is 1.25 bits per heavy atom. The molecule has 1 aromatic heterocycles. The minimum Gasteiger partial charge on any atom is -0.485 e. The van der Waals surface area contributed by atoms with Gasteiger partial charge in [0.05, 0.1) is 11.5 Å².